The van der Waals surface area contributed by atoms with Gasteiger partial charge in [-0.15, -0.1) is 13.2 Å². The second-order valence-electron chi connectivity index (χ2n) is 5.92. The summed E-state index contributed by atoms with van der Waals surface area (Å²) in [4.78, 5) is 16.2. The van der Waals surface area contributed by atoms with E-state index < -0.39 is 22.7 Å². The molecule has 0 spiro atoms. The first-order chi connectivity index (χ1) is 11.9. The van der Waals surface area contributed by atoms with Gasteiger partial charge in [-0.1, -0.05) is 20.8 Å². The summed E-state index contributed by atoms with van der Waals surface area (Å²) in [7, 11) is 0. The molecule has 3 rings (SSSR count). The number of rotatable bonds is 3. The molecule has 25 heavy (non-hydrogen) atoms. The number of nitrogens with zero attached hydrogens (tertiary/aromatic N) is 3. The largest absolute Gasteiger partial charge is 0.387 e. The molecule has 0 aromatic carbocycles. The standard InChI is InChI=1S/C14H17F2N3O2.C2H6.C2H4/c1-3-9-5-12(13(17-6-9)19(20)21)18-7-11-10(4-8(18)2)14(11,15)16;2*1-2/h5-6,8,10-11H,3-4,7H2,1-2H3;1-2H3;1-2H2. The first-order valence-corrected chi connectivity index (χ1v) is 8.64. The number of aromatic nitrogens is 1. The molecule has 0 N–H and O–H groups in total. The zero-order valence-electron chi connectivity index (χ0n) is 15.3. The van der Waals surface area contributed by atoms with E-state index in [9.17, 15) is 18.9 Å². The van der Waals surface area contributed by atoms with Crippen LogP contribution in [0.3, 0.4) is 0 Å². The Bertz CT molecular complexity index is 610. The summed E-state index contributed by atoms with van der Waals surface area (Å²) in [6, 6.07) is 1.56. The summed E-state index contributed by atoms with van der Waals surface area (Å²) < 4.78 is 27.2. The summed E-state index contributed by atoms with van der Waals surface area (Å²) in [5.74, 6) is -4.11. The minimum atomic E-state index is -2.62. The van der Waals surface area contributed by atoms with Gasteiger partial charge in [0.1, 0.15) is 11.9 Å². The third-order valence-corrected chi connectivity index (χ3v) is 4.68. The molecule has 140 valence electrons. The molecule has 1 aromatic rings. The zero-order chi connectivity index (χ0) is 19.4. The van der Waals surface area contributed by atoms with E-state index in [0.717, 1.165) is 5.56 Å². The van der Waals surface area contributed by atoms with E-state index in [-0.39, 0.29) is 18.4 Å². The van der Waals surface area contributed by atoms with Crippen LogP contribution < -0.4 is 4.90 Å². The van der Waals surface area contributed by atoms with Crippen LogP contribution in [0.15, 0.2) is 25.4 Å². The third kappa shape index (κ3) is 3.96. The molecule has 3 atom stereocenters. The molecule has 5 nitrogen and oxygen atoms in total. The molecule has 7 heteroatoms. The number of nitro groups is 1. The lowest BCUT2D eigenvalue weighted by molar-refractivity contribution is -0.388. The maximum Gasteiger partial charge on any atom is 0.387 e. The van der Waals surface area contributed by atoms with Crippen molar-refractivity contribution in [2.45, 2.75) is 52.5 Å². The fraction of sp³-hybridized carbons (Fsp3) is 0.611. The SMILES string of the molecule is C=C.CC.CCc1cnc([N+](=O)[O-])c(N2CC3C(CC2C)C3(F)F)c1. The van der Waals surface area contributed by atoms with Gasteiger partial charge in [0.25, 0.3) is 5.92 Å². The van der Waals surface area contributed by atoms with Crippen molar-refractivity contribution in [3.63, 3.8) is 0 Å². The van der Waals surface area contributed by atoms with E-state index in [1.54, 1.807) is 11.0 Å². The van der Waals surface area contributed by atoms with Crippen LogP contribution >= 0.6 is 0 Å². The Morgan fingerprint density at radius 1 is 1.40 bits per heavy atom. The zero-order valence-corrected chi connectivity index (χ0v) is 15.3. The fourth-order valence-corrected chi connectivity index (χ4v) is 3.29. The molecular weight excluding hydrogens is 328 g/mol. The lowest BCUT2D eigenvalue weighted by Crippen LogP contribution is -2.39. The highest BCUT2D eigenvalue weighted by Gasteiger charge is 2.70. The van der Waals surface area contributed by atoms with Crippen LogP contribution in [-0.2, 0) is 6.42 Å². The highest BCUT2D eigenvalue weighted by atomic mass is 19.3. The van der Waals surface area contributed by atoms with Gasteiger partial charge in [-0.3, -0.25) is 0 Å². The molecule has 0 amide bonds. The number of piperidine rings is 1. The Morgan fingerprint density at radius 2 is 2.00 bits per heavy atom. The van der Waals surface area contributed by atoms with E-state index in [1.165, 1.54) is 6.20 Å². The number of aryl methyl sites for hydroxylation is 1. The van der Waals surface area contributed by atoms with Crippen molar-refractivity contribution < 1.29 is 13.7 Å². The molecule has 1 saturated heterocycles. The van der Waals surface area contributed by atoms with E-state index in [2.05, 4.69) is 18.1 Å². The average molecular weight is 355 g/mol. The second-order valence-corrected chi connectivity index (χ2v) is 5.92. The number of halogens is 2. The molecule has 2 heterocycles. The Balaban J connectivity index is 0.000000730. The van der Waals surface area contributed by atoms with Gasteiger partial charge in [0.2, 0.25) is 0 Å². The summed E-state index contributed by atoms with van der Waals surface area (Å²) in [5.41, 5.74) is 1.24. The third-order valence-electron chi connectivity index (χ3n) is 4.68. The number of alkyl halides is 2. The predicted molar refractivity (Wildman–Crippen MR) is 96.2 cm³/mol. The van der Waals surface area contributed by atoms with Gasteiger partial charge in [0.15, 0.2) is 0 Å². The van der Waals surface area contributed by atoms with Gasteiger partial charge in [0.05, 0.1) is 0 Å². The molecule has 2 aliphatic rings. The Morgan fingerprint density at radius 3 is 2.52 bits per heavy atom. The summed E-state index contributed by atoms with van der Waals surface area (Å²) >= 11 is 0. The molecule has 0 bridgehead atoms. The molecule has 0 radical (unpaired) electrons. The highest BCUT2D eigenvalue weighted by Crippen LogP contribution is 2.60. The topological polar surface area (TPSA) is 59.3 Å². The molecule has 1 saturated carbocycles. The van der Waals surface area contributed by atoms with E-state index in [4.69, 9.17) is 0 Å². The van der Waals surface area contributed by atoms with Crippen LogP contribution in [0.1, 0.15) is 39.7 Å². The number of fused-ring (bicyclic) bond motifs is 1. The normalized spacial score (nSPS) is 25.5. The minimum absolute atomic E-state index is 0.146. The summed E-state index contributed by atoms with van der Waals surface area (Å²) in [6.07, 6.45) is 2.54. The fourth-order valence-electron chi connectivity index (χ4n) is 3.29. The molecule has 1 aliphatic carbocycles. The van der Waals surface area contributed by atoms with Crippen molar-refractivity contribution in [3.8, 4) is 0 Å². The maximum absolute atomic E-state index is 13.6. The van der Waals surface area contributed by atoms with E-state index >= 15 is 0 Å². The summed E-state index contributed by atoms with van der Waals surface area (Å²) in [5, 5.41) is 11.2. The van der Waals surface area contributed by atoms with Gasteiger partial charge in [0, 0.05) is 24.4 Å². The van der Waals surface area contributed by atoms with Crippen molar-refractivity contribution in [3.05, 3.63) is 41.1 Å². The number of pyridine rings is 1. The van der Waals surface area contributed by atoms with Crippen LogP contribution in [0.5, 0.6) is 0 Å². The van der Waals surface area contributed by atoms with Crippen LogP contribution in [0.2, 0.25) is 0 Å². The predicted octanol–water partition coefficient (Wildman–Crippen LogP) is 4.86. The van der Waals surface area contributed by atoms with Crippen molar-refractivity contribution in [2.75, 3.05) is 11.4 Å². The van der Waals surface area contributed by atoms with Gasteiger partial charge in [-0.25, -0.2) is 8.78 Å². The van der Waals surface area contributed by atoms with Gasteiger partial charge < -0.3 is 15.0 Å². The Hall–Kier alpha value is -2.05. The van der Waals surface area contributed by atoms with Crippen molar-refractivity contribution in [1.82, 2.24) is 4.98 Å². The van der Waals surface area contributed by atoms with Crippen LogP contribution in [0.4, 0.5) is 20.3 Å². The first kappa shape index (κ1) is 21.0. The van der Waals surface area contributed by atoms with Crippen LogP contribution in [0, 0.1) is 22.0 Å². The van der Waals surface area contributed by atoms with Gasteiger partial charge in [-0.2, -0.15) is 0 Å². The Labute approximate surface area is 147 Å². The first-order valence-electron chi connectivity index (χ1n) is 8.64. The number of hydrogen-bond acceptors (Lipinski definition) is 4. The van der Waals surface area contributed by atoms with Crippen LogP contribution in [-0.4, -0.2) is 28.4 Å². The second kappa shape index (κ2) is 8.36. The van der Waals surface area contributed by atoms with Crippen molar-refractivity contribution in [1.29, 1.82) is 0 Å². The highest BCUT2D eigenvalue weighted by molar-refractivity contribution is 5.62. The lowest BCUT2D eigenvalue weighted by Gasteiger charge is -2.33. The molecule has 2 fully saturated rings. The minimum Gasteiger partial charge on any atom is -0.361 e. The van der Waals surface area contributed by atoms with Crippen molar-refractivity contribution in [2.24, 2.45) is 11.8 Å². The monoisotopic (exact) mass is 355 g/mol. The number of anilines is 1. The average Bonchev–Trinajstić information content (AvgIpc) is 3.16. The smallest absolute Gasteiger partial charge is 0.361 e. The molecule has 3 unspecified atom stereocenters. The van der Waals surface area contributed by atoms with Gasteiger partial charge in [-0.05, 0) is 41.3 Å². The molecular formula is C18H27F2N3O2. The summed E-state index contributed by atoms with van der Waals surface area (Å²) in [6.45, 7) is 13.9. The number of hydrogen-bond donors (Lipinski definition) is 0. The molecule has 1 aliphatic heterocycles. The Kier molecular flexibility index (Phi) is 7.02. The van der Waals surface area contributed by atoms with Crippen molar-refractivity contribution >= 4 is 11.5 Å². The van der Waals surface area contributed by atoms with E-state index in [0.29, 0.717) is 18.5 Å². The van der Waals surface area contributed by atoms with E-state index in [1.807, 2.05) is 27.7 Å². The van der Waals surface area contributed by atoms with Gasteiger partial charge >= 0.3 is 5.82 Å². The van der Waals surface area contributed by atoms with Crippen LogP contribution in [0.25, 0.3) is 0 Å². The maximum atomic E-state index is 13.6. The molecule has 1 aromatic heterocycles. The lowest BCUT2D eigenvalue weighted by atomic mass is 10.0. The quantitative estimate of drug-likeness (QED) is 0.441.